The van der Waals surface area contributed by atoms with Crippen LogP contribution in [0.1, 0.15) is 20.8 Å². The summed E-state index contributed by atoms with van der Waals surface area (Å²) in [5.74, 6) is -2.00. The monoisotopic (exact) mass is 369 g/mol. The number of carbonyl (C=O) groups is 3. The third-order valence-corrected chi connectivity index (χ3v) is 3.34. The number of alkyl halides is 2. The first kappa shape index (κ1) is 17.8. The molecule has 0 aromatic carbocycles. The van der Waals surface area contributed by atoms with Crippen molar-refractivity contribution in [1.29, 1.82) is 0 Å². The van der Waals surface area contributed by atoms with Crippen molar-refractivity contribution in [3.63, 3.8) is 0 Å². The Bertz CT molecular complexity index is 416. The van der Waals surface area contributed by atoms with Crippen molar-refractivity contribution in [2.24, 2.45) is 0 Å². The summed E-state index contributed by atoms with van der Waals surface area (Å²) in [5, 5.41) is -1.09. The summed E-state index contributed by atoms with van der Waals surface area (Å²) in [6.45, 7) is 3.16. The number of halogens is 2. The van der Waals surface area contributed by atoms with Gasteiger partial charge >= 0.3 is 17.9 Å². The van der Waals surface area contributed by atoms with Gasteiger partial charge in [-0.2, -0.15) is 0 Å². The van der Waals surface area contributed by atoms with Crippen LogP contribution >= 0.6 is 15.9 Å². The summed E-state index contributed by atoms with van der Waals surface area (Å²) in [4.78, 5) is 33.1. The van der Waals surface area contributed by atoms with Crippen LogP contribution in [0, 0.1) is 0 Å². The minimum absolute atomic E-state index is 0.264. The van der Waals surface area contributed by atoms with Crippen LogP contribution in [0.25, 0.3) is 0 Å². The molecule has 9 heteroatoms. The molecule has 0 aromatic heterocycles. The van der Waals surface area contributed by atoms with E-state index in [1.165, 1.54) is 6.92 Å². The molecule has 0 N–H and O–H groups in total. The lowest BCUT2D eigenvalue weighted by Crippen LogP contribution is -2.58. The van der Waals surface area contributed by atoms with Crippen LogP contribution in [0.15, 0.2) is 0 Å². The zero-order valence-corrected chi connectivity index (χ0v) is 13.3. The quantitative estimate of drug-likeness (QED) is 0.412. The molecule has 5 atom stereocenters. The zero-order valence-electron chi connectivity index (χ0n) is 11.7. The molecule has 7 nitrogen and oxygen atoms in total. The van der Waals surface area contributed by atoms with E-state index < -0.39 is 47.4 Å². The van der Waals surface area contributed by atoms with E-state index in [-0.39, 0.29) is 6.61 Å². The van der Waals surface area contributed by atoms with Gasteiger partial charge in [0.2, 0.25) is 0 Å². The van der Waals surface area contributed by atoms with Crippen molar-refractivity contribution in [1.82, 2.24) is 0 Å². The van der Waals surface area contributed by atoms with E-state index in [0.29, 0.717) is 0 Å². The third-order valence-electron chi connectivity index (χ3n) is 2.61. The Morgan fingerprint density at radius 3 is 2.05 bits per heavy atom. The molecule has 21 heavy (non-hydrogen) atoms. The normalized spacial score (nSPS) is 32.1. The molecule has 0 spiro atoms. The Hall–Kier alpha value is -1.22. The highest BCUT2D eigenvalue weighted by Crippen LogP contribution is 2.31. The van der Waals surface area contributed by atoms with E-state index in [0.717, 1.165) is 13.8 Å². The smallest absolute Gasteiger partial charge is 0.303 e. The van der Waals surface area contributed by atoms with Crippen LogP contribution in [0.3, 0.4) is 0 Å². The van der Waals surface area contributed by atoms with Crippen LogP contribution in [0.2, 0.25) is 0 Å². The standard InChI is InChI=1S/C12H16BrFO7/c1-5(15)18-4-8-10(19-6(2)16)11(20-7(3)17)9(14)12(13)21-8/h8-12H,4H2,1-3H3/t8-,9-,10-,11-,12?/m1/s1/i14-1. The van der Waals surface area contributed by atoms with Crippen LogP contribution in [0.4, 0.5) is 4.39 Å². The van der Waals surface area contributed by atoms with E-state index in [4.69, 9.17) is 18.9 Å². The number of carbonyl (C=O) groups excluding carboxylic acids is 3. The number of hydrogen-bond acceptors (Lipinski definition) is 7. The Balaban J connectivity index is 2.94. The maximum absolute atomic E-state index is 14.1. The molecular weight excluding hydrogens is 354 g/mol. The predicted molar refractivity (Wildman–Crippen MR) is 70.2 cm³/mol. The summed E-state index contributed by atoms with van der Waals surface area (Å²) in [7, 11) is 0. The molecule has 0 aliphatic carbocycles. The van der Waals surface area contributed by atoms with Gasteiger partial charge in [0.25, 0.3) is 0 Å². The summed E-state index contributed by atoms with van der Waals surface area (Å²) >= 11 is 2.96. The largest absolute Gasteiger partial charge is 0.463 e. The van der Waals surface area contributed by atoms with Gasteiger partial charge in [-0.25, -0.2) is 4.39 Å². The summed E-state index contributed by atoms with van der Waals surface area (Å²) in [5.41, 5.74) is 0. The first-order valence-corrected chi connectivity index (χ1v) is 7.05. The number of ether oxygens (including phenoxy) is 4. The highest BCUT2D eigenvalue weighted by Gasteiger charge is 2.50. The van der Waals surface area contributed by atoms with Gasteiger partial charge in [-0.05, 0) is 0 Å². The average molecular weight is 370 g/mol. The molecule has 0 saturated carbocycles. The van der Waals surface area contributed by atoms with Gasteiger partial charge in [-0.3, -0.25) is 14.4 Å². The Kier molecular flexibility index (Phi) is 6.53. The number of hydrogen-bond donors (Lipinski definition) is 0. The molecule has 0 radical (unpaired) electrons. The molecule has 0 bridgehead atoms. The van der Waals surface area contributed by atoms with Crippen molar-refractivity contribution in [3.05, 3.63) is 0 Å². The van der Waals surface area contributed by atoms with Gasteiger partial charge in [0.15, 0.2) is 18.4 Å². The van der Waals surface area contributed by atoms with E-state index in [9.17, 15) is 18.8 Å². The molecule has 120 valence electrons. The number of esters is 3. The summed E-state index contributed by atoms with van der Waals surface area (Å²) < 4.78 is 34.0. The second-order valence-electron chi connectivity index (χ2n) is 4.42. The van der Waals surface area contributed by atoms with Crippen molar-refractivity contribution >= 4 is 33.8 Å². The van der Waals surface area contributed by atoms with Crippen LogP contribution in [-0.4, -0.2) is 54.0 Å². The Morgan fingerprint density at radius 2 is 1.57 bits per heavy atom. The molecule has 1 heterocycles. The minimum atomic E-state index is -1.74. The highest BCUT2D eigenvalue weighted by molar-refractivity contribution is 9.09. The fourth-order valence-corrected chi connectivity index (χ4v) is 2.43. The van der Waals surface area contributed by atoms with Crippen LogP contribution in [0.5, 0.6) is 0 Å². The van der Waals surface area contributed by atoms with Crippen molar-refractivity contribution in [2.45, 2.75) is 50.3 Å². The fourth-order valence-electron chi connectivity index (χ4n) is 1.85. The van der Waals surface area contributed by atoms with Gasteiger partial charge in [0.1, 0.15) is 17.7 Å². The van der Waals surface area contributed by atoms with Gasteiger partial charge in [0.05, 0.1) is 0 Å². The highest BCUT2D eigenvalue weighted by atomic mass is 79.9. The van der Waals surface area contributed by atoms with E-state index in [2.05, 4.69) is 15.9 Å². The molecule has 0 amide bonds. The Morgan fingerprint density at radius 1 is 1.05 bits per heavy atom. The summed E-state index contributed by atoms with van der Waals surface area (Å²) in [6, 6.07) is 0. The fraction of sp³-hybridized carbons (Fsp3) is 0.750. The van der Waals surface area contributed by atoms with E-state index in [1.807, 2.05) is 0 Å². The molecular formula is C12H16BrFO7. The lowest BCUT2D eigenvalue weighted by Gasteiger charge is -2.40. The lowest BCUT2D eigenvalue weighted by atomic mass is 10.0. The van der Waals surface area contributed by atoms with E-state index >= 15 is 0 Å². The van der Waals surface area contributed by atoms with E-state index in [1.54, 1.807) is 0 Å². The predicted octanol–water partition coefficient (Wildman–Crippen LogP) is 0.871. The molecule has 1 saturated heterocycles. The topological polar surface area (TPSA) is 88.1 Å². The lowest BCUT2D eigenvalue weighted by molar-refractivity contribution is -0.220. The second-order valence-corrected chi connectivity index (χ2v) is 5.32. The maximum atomic E-state index is 14.1. The molecule has 0 aromatic rings. The first-order valence-electron chi connectivity index (χ1n) is 6.13. The zero-order chi connectivity index (χ0) is 16.2. The van der Waals surface area contributed by atoms with Gasteiger partial charge in [0, 0.05) is 20.8 Å². The number of rotatable bonds is 4. The maximum Gasteiger partial charge on any atom is 0.303 e. The van der Waals surface area contributed by atoms with Crippen LogP contribution < -0.4 is 0 Å². The van der Waals surface area contributed by atoms with Gasteiger partial charge in [-0.1, -0.05) is 15.9 Å². The molecule has 1 fully saturated rings. The molecule has 1 aliphatic rings. The van der Waals surface area contributed by atoms with Gasteiger partial charge < -0.3 is 18.9 Å². The molecule has 1 unspecified atom stereocenters. The van der Waals surface area contributed by atoms with Crippen molar-refractivity contribution < 1.29 is 37.7 Å². The molecule has 1 aliphatic heterocycles. The average Bonchev–Trinajstić information content (AvgIpc) is 2.35. The minimum Gasteiger partial charge on any atom is -0.463 e. The van der Waals surface area contributed by atoms with Crippen molar-refractivity contribution in [3.8, 4) is 0 Å². The molecule has 1 rings (SSSR count). The SMILES string of the molecule is CC(=O)OC[C@H]1OC(Br)[C@H]([18F])[C@@H](OC(C)=O)[C@@H]1OC(C)=O. The van der Waals surface area contributed by atoms with Crippen molar-refractivity contribution in [2.75, 3.05) is 6.61 Å². The second kappa shape index (κ2) is 7.69. The van der Waals surface area contributed by atoms with Gasteiger partial charge in [-0.15, -0.1) is 0 Å². The summed E-state index contributed by atoms with van der Waals surface area (Å²) in [6.07, 6.45) is -5.27. The van der Waals surface area contributed by atoms with Crippen LogP contribution in [-0.2, 0) is 33.3 Å². The third kappa shape index (κ3) is 5.24. The first-order chi connectivity index (χ1) is 9.72. The Labute approximate surface area is 129 Å².